The summed E-state index contributed by atoms with van der Waals surface area (Å²) in [4.78, 5) is 0. The maximum Gasteiger partial charge on any atom is 0.161 e. The molecule has 5 heteroatoms. The predicted octanol–water partition coefficient (Wildman–Crippen LogP) is 1.00. The smallest absolute Gasteiger partial charge is 0.161 e. The van der Waals surface area contributed by atoms with Crippen molar-refractivity contribution >= 4 is 5.65 Å². The van der Waals surface area contributed by atoms with E-state index in [2.05, 4.69) is 19.9 Å². The van der Waals surface area contributed by atoms with Crippen LogP contribution in [-0.4, -0.2) is 21.1 Å². The molecule has 0 aromatic carbocycles. The van der Waals surface area contributed by atoms with Gasteiger partial charge in [-0.15, -0.1) is 10.2 Å². The molecule has 1 atom stereocenters. The molecular formula is C12H17N5. The minimum absolute atomic E-state index is 0.336. The Balaban J connectivity index is 1.99. The van der Waals surface area contributed by atoms with E-state index in [1.807, 2.05) is 18.3 Å². The second-order valence-corrected chi connectivity index (χ2v) is 4.53. The highest BCUT2D eigenvalue weighted by atomic mass is 15.3. The zero-order valence-electron chi connectivity index (χ0n) is 9.76. The van der Waals surface area contributed by atoms with Gasteiger partial charge in [0.05, 0.1) is 6.04 Å². The molecule has 1 saturated heterocycles. The van der Waals surface area contributed by atoms with Crippen LogP contribution in [0.25, 0.3) is 5.65 Å². The van der Waals surface area contributed by atoms with E-state index in [1.165, 1.54) is 12.8 Å². The summed E-state index contributed by atoms with van der Waals surface area (Å²) >= 11 is 0. The third-order valence-electron chi connectivity index (χ3n) is 3.36. The zero-order valence-corrected chi connectivity index (χ0v) is 9.76. The van der Waals surface area contributed by atoms with E-state index in [1.54, 1.807) is 0 Å². The lowest BCUT2D eigenvalue weighted by Crippen LogP contribution is -2.28. The monoisotopic (exact) mass is 231 g/mol. The first-order valence-electron chi connectivity index (χ1n) is 6.15. The quantitative estimate of drug-likeness (QED) is 0.809. The molecule has 2 aromatic heterocycles. The fourth-order valence-electron chi connectivity index (χ4n) is 2.39. The van der Waals surface area contributed by atoms with Crippen LogP contribution in [0, 0.1) is 0 Å². The van der Waals surface area contributed by atoms with Crippen molar-refractivity contribution in [3.8, 4) is 0 Å². The van der Waals surface area contributed by atoms with E-state index in [-0.39, 0.29) is 0 Å². The van der Waals surface area contributed by atoms with Crippen molar-refractivity contribution in [1.29, 1.82) is 0 Å². The van der Waals surface area contributed by atoms with Crippen LogP contribution in [0.2, 0.25) is 0 Å². The standard InChI is InChI=1S/C12H17N5/c13-8-9-4-6-17-11(7-9)15-16-12(17)10-3-1-2-5-14-10/h4,6-7,10,14H,1-3,5,8,13H2. The molecule has 17 heavy (non-hydrogen) atoms. The van der Waals surface area contributed by atoms with Crippen LogP contribution < -0.4 is 11.1 Å². The Hall–Kier alpha value is -1.46. The Morgan fingerprint density at radius 3 is 3.12 bits per heavy atom. The van der Waals surface area contributed by atoms with Crippen LogP contribution in [0.1, 0.15) is 36.7 Å². The van der Waals surface area contributed by atoms with Crippen molar-refractivity contribution in [1.82, 2.24) is 19.9 Å². The predicted molar refractivity (Wildman–Crippen MR) is 65.5 cm³/mol. The summed E-state index contributed by atoms with van der Waals surface area (Å²) in [6.07, 6.45) is 5.67. The van der Waals surface area contributed by atoms with Crippen molar-refractivity contribution in [3.63, 3.8) is 0 Å². The highest BCUT2D eigenvalue weighted by Crippen LogP contribution is 2.22. The third-order valence-corrected chi connectivity index (χ3v) is 3.36. The molecule has 0 aliphatic carbocycles. The molecule has 1 aliphatic heterocycles. The van der Waals surface area contributed by atoms with Gasteiger partial charge in [0, 0.05) is 12.7 Å². The molecule has 5 nitrogen and oxygen atoms in total. The lowest BCUT2D eigenvalue weighted by Gasteiger charge is -2.21. The molecule has 90 valence electrons. The van der Waals surface area contributed by atoms with Crippen molar-refractivity contribution in [2.45, 2.75) is 31.8 Å². The van der Waals surface area contributed by atoms with Crippen LogP contribution in [-0.2, 0) is 6.54 Å². The number of hydrogen-bond acceptors (Lipinski definition) is 4. The molecule has 3 rings (SSSR count). The lowest BCUT2D eigenvalue weighted by atomic mass is 10.0. The number of nitrogens with one attached hydrogen (secondary N) is 1. The minimum atomic E-state index is 0.336. The summed E-state index contributed by atoms with van der Waals surface area (Å²) in [5.74, 6) is 1.02. The number of nitrogens with zero attached hydrogens (tertiary/aromatic N) is 3. The van der Waals surface area contributed by atoms with E-state index < -0.39 is 0 Å². The summed E-state index contributed by atoms with van der Waals surface area (Å²) < 4.78 is 2.06. The van der Waals surface area contributed by atoms with E-state index in [9.17, 15) is 0 Å². The summed E-state index contributed by atoms with van der Waals surface area (Å²) in [7, 11) is 0. The van der Waals surface area contributed by atoms with E-state index in [0.717, 1.165) is 30.0 Å². The van der Waals surface area contributed by atoms with Crippen LogP contribution >= 0.6 is 0 Å². The summed E-state index contributed by atoms with van der Waals surface area (Å²) in [5.41, 5.74) is 7.60. The fourth-order valence-corrected chi connectivity index (χ4v) is 2.39. The van der Waals surface area contributed by atoms with Gasteiger partial charge in [-0.3, -0.25) is 4.40 Å². The second kappa shape index (κ2) is 4.43. The molecule has 2 aromatic rings. The number of fused-ring (bicyclic) bond motifs is 1. The third kappa shape index (κ3) is 1.92. The number of aromatic nitrogens is 3. The van der Waals surface area contributed by atoms with Crippen molar-refractivity contribution < 1.29 is 0 Å². The Kier molecular flexibility index (Phi) is 2.78. The summed E-state index contributed by atoms with van der Waals surface area (Å²) in [6, 6.07) is 4.37. The van der Waals surface area contributed by atoms with Gasteiger partial charge in [-0.1, -0.05) is 6.42 Å². The number of pyridine rings is 1. The molecule has 3 heterocycles. The van der Waals surface area contributed by atoms with Crippen molar-refractivity contribution in [2.24, 2.45) is 5.73 Å². The Bertz CT molecular complexity index is 513. The van der Waals surface area contributed by atoms with Crippen LogP contribution in [0.15, 0.2) is 18.3 Å². The molecular weight excluding hydrogens is 214 g/mol. The first-order chi connectivity index (χ1) is 8.38. The van der Waals surface area contributed by atoms with Gasteiger partial charge in [0.1, 0.15) is 0 Å². The van der Waals surface area contributed by atoms with Gasteiger partial charge < -0.3 is 11.1 Å². The molecule has 0 saturated carbocycles. The first-order valence-corrected chi connectivity index (χ1v) is 6.15. The minimum Gasteiger partial charge on any atom is -0.326 e. The van der Waals surface area contributed by atoms with Crippen LogP contribution in [0.4, 0.5) is 0 Å². The SMILES string of the molecule is NCc1ccn2c(C3CCCCN3)nnc2c1. The van der Waals surface area contributed by atoms with Crippen molar-refractivity contribution in [2.75, 3.05) is 6.54 Å². The van der Waals surface area contributed by atoms with Gasteiger partial charge >= 0.3 is 0 Å². The number of nitrogens with two attached hydrogens (primary N) is 1. The highest BCUT2D eigenvalue weighted by Gasteiger charge is 2.19. The van der Waals surface area contributed by atoms with E-state index in [4.69, 9.17) is 5.73 Å². The Labute approximate surface area is 100 Å². The number of piperidine rings is 1. The van der Waals surface area contributed by atoms with Gasteiger partial charge in [-0.05, 0) is 37.1 Å². The molecule has 0 bridgehead atoms. The van der Waals surface area contributed by atoms with Crippen LogP contribution in [0.3, 0.4) is 0 Å². The van der Waals surface area contributed by atoms with Crippen LogP contribution in [0.5, 0.6) is 0 Å². The Morgan fingerprint density at radius 1 is 1.41 bits per heavy atom. The normalized spacial score (nSPS) is 20.9. The summed E-state index contributed by atoms with van der Waals surface area (Å²) in [6.45, 7) is 1.61. The fraction of sp³-hybridized carbons (Fsp3) is 0.500. The maximum absolute atomic E-state index is 5.62. The average molecular weight is 231 g/mol. The zero-order chi connectivity index (χ0) is 11.7. The summed E-state index contributed by atoms with van der Waals surface area (Å²) in [5, 5.41) is 12.0. The molecule has 1 unspecified atom stereocenters. The number of hydrogen-bond donors (Lipinski definition) is 2. The lowest BCUT2D eigenvalue weighted by molar-refractivity contribution is 0.395. The largest absolute Gasteiger partial charge is 0.326 e. The van der Waals surface area contributed by atoms with Gasteiger partial charge in [-0.2, -0.15) is 0 Å². The van der Waals surface area contributed by atoms with Gasteiger partial charge in [0.2, 0.25) is 0 Å². The highest BCUT2D eigenvalue weighted by molar-refractivity contribution is 5.41. The molecule has 1 fully saturated rings. The van der Waals surface area contributed by atoms with Crippen molar-refractivity contribution in [3.05, 3.63) is 29.7 Å². The average Bonchev–Trinajstić information content (AvgIpc) is 2.82. The molecule has 0 spiro atoms. The molecule has 1 aliphatic rings. The van der Waals surface area contributed by atoms with Gasteiger partial charge in [-0.25, -0.2) is 0 Å². The molecule has 0 radical (unpaired) electrons. The first kappa shape index (κ1) is 10.7. The van der Waals surface area contributed by atoms with E-state index in [0.29, 0.717) is 12.6 Å². The maximum atomic E-state index is 5.62. The topological polar surface area (TPSA) is 68.2 Å². The number of rotatable bonds is 2. The molecule has 0 amide bonds. The van der Waals surface area contributed by atoms with E-state index >= 15 is 0 Å². The molecule has 3 N–H and O–H groups in total. The Morgan fingerprint density at radius 2 is 2.35 bits per heavy atom. The van der Waals surface area contributed by atoms with Gasteiger partial charge in [0.15, 0.2) is 11.5 Å². The van der Waals surface area contributed by atoms with Gasteiger partial charge in [0.25, 0.3) is 0 Å². The second-order valence-electron chi connectivity index (χ2n) is 4.53.